The summed E-state index contributed by atoms with van der Waals surface area (Å²) >= 11 is 1.54. The van der Waals surface area contributed by atoms with Crippen molar-refractivity contribution in [3.8, 4) is 0 Å². The van der Waals surface area contributed by atoms with Gasteiger partial charge in [-0.25, -0.2) is 14.5 Å². The van der Waals surface area contributed by atoms with E-state index >= 15 is 0 Å². The van der Waals surface area contributed by atoms with E-state index in [0.29, 0.717) is 5.95 Å². The second-order valence-corrected chi connectivity index (χ2v) is 4.54. The van der Waals surface area contributed by atoms with Gasteiger partial charge in [0.1, 0.15) is 11.0 Å². The molecule has 1 atom stereocenters. The molecule has 17 heavy (non-hydrogen) atoms. The predicted molar refractivity (Wildman–Crippen MR) is 60.3 cm³/mol. The molecule has 0 bridgehead atoms. The number of thiazole rings is 1. The predicted octanol–water partition coefficient (Wildman–Crippen LogP) is 0.838. The zero-order chi connectivity index (χ0) is 11.8. The maximum atomic E-state index is 10.8. The summed E-state index contributed by atoms with van der Waals surface area (Å²) in [5.74, 6) is -0.809. The van der Waals surface area contributed by atoms with E-state index < -0.39 is 5.97 Å². The molecule has 8 heteroatoms. The lowest BCUT2D eigenvalue weighted by Gasteiger charge is -2.22. The number of hydrogen-bond donors (Lipinski definition) is 2. The first-order valence-electron chi connectivity index (χ1n) is 5.09. The summed E-state index contributed by atoms with van der Waals surface area (Å²) in [6.07, 6.45) is 2.56. The summed E-state index contributed by atoms with van der Waals surface area (Å²) in [5, 5.41) is 18.7. The molecule has 0 saturated heterocycles. The molecule has 0 radical (unpaired) electrons. The molecule has 0 fully saturated rings. The standard InChI is InChI=1S/C9H9N5O2S/c15-8(16)6-12-9-11-2-1-5(14(9)13-6)7-10-3-4-17-7/h3-5H,1-2H2,(H,15,16)(H,11,12,13). The van der Waals surface area contributed by atoms with Gasteiger partial charge in [-0.2, -0.15) is 4.98 Å². The Kier molecular flexibility index (Phi) is 2.29. The first-order chi connectivity index (χ1) is 8.25. The molecule has 2 N–H and O–H groups in total. The number of aromatic nitrogens is 4. The number of carboxylic acid groups (broad SMARTS) is 1. The van der Waals surface area contributed by atoms with Gasteiger partial charge in [0.2, 0.25) is 5.95 Å². The van der Waals surface area contributed by atoms with Gasteiger partial charge in [0.05, 0.1) is 0 Å². The van der Waals surface area contributed by atoms with E-state index in [1.165, 1.54) is 11.3 Å². The minimum absolute atomic E-state index is 0.0214. The van der Waals surface area contributed by atoms with Crippen molar-refractivity contribution in [1.82, 2.24) is 19.7 Å². The molecule has 1 aliphatic rings. The van der Waals surface area contributed by atoms with Crippen molar-refractivity contribution in [3.63, 3.8) is 0 Å². The van der Waals surface area contributed by atoms with Gasteiger partial charge in [0, 0.05) is 18.1 Å². The maximum absolute atomic E-state index is 10.8. The van der Waals surface area contributed by atoms with Gasteiger partial charge in [-0.05, 0) is 6.42 Å². The average molecular weight is 251 g/mol. The fourth-order valence-corrected chi connectivity index (χ4v) is 2.58. The van der Waals surface area contributed by atoms with Crippen LogP contribution in [0.5, 0.6) is 0 Å². The number of hydrogen-bond acceptors (Lipinski definition) is 6. The summed E-state index contributed by atoms with van der Waals surface area (Å²) < 4.78 is 1.60. The van der Waals surface area contributed by atoms with E-state index in [1.54, 1.807) is 10.9 Å². The minimum Gasteiger partial charge on any atom is -0.475 e. The van der Waals surface area contributed by atoms with Crippen LogP contribution in [0.3, 0.4) is 0 Å². The van der Waals surface area contributed by atoms with Crippen LogP contribution in [-0.4, -0.2) is 37.4 Å². The Labute approximate surface area is 100 Å². The normalized spacial score (nSPS) is 18.5. The molecule has 0 amide bonds. The molecule has 0 aromatic carbocycles. The number of rotatable bonds is 2. The summed E-state index contributed by atoms with van der Waals surface area (Å²) in [4.78, 5) is 19.0. The highest BCUT2D eigenvalue weighted by atomic mass is 32.1. The number of nitrogens with zero attached hydrogens (tertiary/aromatic N) is 4. The van der Waals surface area contributed by atoms with Crippen molar-refractivity contribution >= 4 is 23.3 Å². The quantitative estimate of drug-likeness (QED) is 0.821. The van der Waals surface area contributed by atoms with Crippen LogP contribution < -0.4 is 5.32 Å². The largest absolute Gasteiger partial charge is 0.475 e. The van der Waals surface area contributed by atoms with Crippen molar-refractivity contribution in [2.75, 3.05) is 11.9 Å². The average Bonchev–Trinajstić information content (AvgIpc) is 2.97. The van der Waals surface area contributed by atoms with Gasteiger partial charge in [0.25, 0.3) is 5.82 Å². The van der Waals surface area contributed by atoms with Crippen LogP contribution in [-0.2, 0) is 0 Å². The van der Waals surface area contributed by atoms with Gasteiger partial charge in [-0.15, -0.1) is 16.4 Å². The smallest absolute Gasteiger partial charge is 0.375 e. The molecule has 7 nitrogen and oxygen atoms in total. The summed E-state index contributed by atoms with van der Waals surface area (Å²) in [7, 11) is 0. The lowest BCUT2D eigenvalue weighted by Crippen LogP contribution is -2.24. The van der Waals surface area contributed by atoms with Crippen LogP contribution in [0, 0.1) is 0 Å². The van der Waals surface area contributed by atoms with E-state index in [1.807, 2.05) is 5.38 Å². The minimum atomic E-state index is -1.12. The highest BCUT2D eigenvalue weighted by molar-refractivity contribution is 7.09. The van der Waals surface area contributed by atoms with Crippen LogP contribution in [0.2, 0.25) is 0 Å². The second kappa shape index (κ2) is 3.81. The Balaban J connectivity index is 2.04. The molecular formula is C9H9N5O2S. The number of aromatic carboxylic acids is 1. The number of nitrogens with one attached hydrogen (secondary N) is 1. The van der Waals surface area contributed by atoms with Gasteiger partial charge >= 0.3 is 5.97 Å². The van der Waals surface area contributed by atoms with E-state index in [2.05, 4.69) is 20.4 Å². The van der Waals surface area contributed by atoms with Crippen LogP contribution >= 0.6 is 11.3 Å². The second-order valence-electron chi connectivity index (χ2n) is 3.61. The third-order valence-electron chi connectivity index (χ3n) is 2.56. The van der Waals surface area contributed by atoms with Crippen molar-refractivity contribution in [2.45, 2.75) is 12.5 Å². The first-order valence-corrected chi connectivity index (χ1v) is 5.97. The Morgan fingerprint density at radius 1 is 1.65 bits per heavy atom. The molecular weight excluding hydrogens is 242 g/mol. The third kappa shape index (κ3) is 1.66. The van der Waals surface area contributed by atoms with Gasteiger partial charge in [0.15, 0.2) is 0 Å². The van der Waals surface area contributed by atoms with Crippen molar-refractivity contribution in [2.24, 2.45) is 0 Å². The Morgan fingerprint density at radius 2 is 2.53 bits per heavy atom. The first kappa shape index (κ1) is 10.2. The lowest BCUT2D eigenvalue weighted by atomic mass is 10.2. The molecule has 3 heterocycles. The number of carboxylic acids is 1. The SMILES string of the molecule is O=C(O)c1nc2n(n1)C(c1nccs1)CCN2. The van der Waals surface area contributed by atoms with Crippen LogP contribution in [0.4, 0.5) is 5.95 Å². The lowest BCUT2D eigenvalue weighted by molar-refractivity contribution is 0.0683. The topological polar surface area (TPSA) is 92.9 Å². The van der Waals surface area contributed by atoms with Crippen molar-refractivity contribution in [3.05, 3.63) is 22.4 Å². The summed E-state index contributed by atoms with van der Waals surface area (Å²) in [6, 6.07) is -0.0214. The van der Waals surface area contributed by atoms with E-state index in [9.17, 15) is 4.79 Å². The van der Waals surface area contributed by atoms with Crippen LogP contribution in [0.25, 0.3) is 0 Å². The van der Waals surface area contributed by atoms with E-state index in [0.717, 1.165) is 18.0 Å². The van der Waals surface area contributed by atoms with Gasteiger partial charge in [-0.1, -0.05) is 0 Å². The van der Waals surface area contributed by atoms with Gasteiger partial charge < -0.3 is 10.4 Å². The molecule has 2 aromatic rings. The van der Waals surface area contributed by atoms with Crippen LogP contribution in [0.1, 0.15) is 28.1 Å². The Bertz CT molecular complexity index is 550. The van der Waals surface area contributed by atoms with Crippen molar-refractivity contribution < 1.29 is 9.90 Å². The number of carbonyl (C=O) groups is 1. The van der Waals surface area contributed by atoms with Gasteiger partial charge in [-0.3, -0.25) is 0 Å². The fraction of sp³-hybridized carbons (Fsp3) is 0.333. The van der Waals surface area contributed by atoms with E-state index in [-0.39, 0.29) is 11.9 Å². The highest BCUT2D eigenvalue weighted by Gasteiger charge is 2.27. The number of fused-ring (bicyclic) bond motifs is 1. The molecule has 1 unspecified atom stereocenters. The molecule has 3 rings (SSSR count). The zero-order valence-electron chi connectivity index (χ0n) is 8.70. The van der Waals surface area contributed by atoms with Crippen molar-refractivity contribution in [1.29, 1.82) is 0 Å². The van der Waals surface area contributed by atoms with E-state index in [4.69, 9.17) is 5.11 Å². The highest BCUT2D eigenvalue weighted by Crippen LogP contribution is 2.29. The molecule has 1 aliphatic heterocycles. The molecule has 0 spiro atoms. The Hall–Kier alpha value is -1.96. The molecule has 0 saturated carbocycles. The molecule has 2 aromatic heterocycles. The fourth-order valence-electron chi connectivity index (χ4n) is 1.82. The monoisotopic (exact) mass is 251 g/mol. The van der Waals surface area contributed by atoms with Crippen LogP contribution in [0.15, 0.2) is 11.6 Å². The number of anilines is 1. The summed E-state index contributed by atoms with van der Waals surface area (Å²) in [5.41, 5.74) is 0. The zero-order valence-corrected chi connectivity index (χ0v) is 9.52. The Morgan fingerprint density at radius 3 is 3.24 bits per heavy atom. The summed E-state index contributed by atoms with van der Waals surface area (Å²) in [6.45, 7) is 0.738. The third-order valence-corrected chi connectivity index (χ3v) is 3.43. The maximum Gasteiger partial charge on any atom is 0.375 e. The molecule has 88 valence electrons. The molecule has 0 aliphatic carbocycles.